The van der Waals surface area contributed by atoms with E-state index in [4.69, 9.17) is 16.3 Å². The third kappa shape index (κ3) is 3.20. The minimum Gasteiger partial charge on any atom is -0.439 e. The molecule has 0 aliphatic heterocycles. The van der Waals surface area contributed by atoms with Crippen LogP contribution in [0.1, 0.15) is 18.2 Å². The molecule has 2 aromatic rings. The molecule has 1 aromatic carbocycles. The maximum absolute atomic E-state index is 12.8. The van der Waals surface area contributed by atoms with Crippen LogP contribution in [0, 0.1) is 5.82 Å². The summed E-state index contributed by atoms with van der Waals surface area (Å²) in [6.45, 7) is 2.02. The smallest absolute Gasteiger partial charge is 0.219 e. The van der Waals surface area contributed by atoms with E-state index < -0.39 is 0 Å². The molecule has 0 aliphatic carbocycles. The lowest BCUT2D eigenvalue weighted by molar-refractivity contribution is 0.458. The van der Waals surface area contributed by atoms with E-state index in [1.54, 1.807) is 18.2 Å². The SMILES string of the molecule is CCc1cc(CCl)cc(Oc2ccc(F)cc2)n1. The number of ether oxygens (including phenoxy) is 1. The number of hydrogen-bond donors (Lipinski definition) is 0. The van der Waals surface area contributed by atoms with Crippen molar-refractivity contribution in [3.05, 3.63) is 53.5 Å². The highest BCUT2D eigenvalue weighted by Crippen LogP contribution is 2.22. The molecule has 0 amide bonds. The van der Waals surface area contributed by atoms with Crippen LogP contribution in [0.4, 0.5) is 4.39 Å². The van der Waals surface area contributed by atoms with Gasteiger partial charge in [-0.3, -0.25) is 0 Å². The molecule has 0 saturated heterocycles. The largest absolute Gasteiger partial charge is 0.439 e. The Labute approximate surface area is 110 Å². The van der Waals surface area contributed by atoms with Gasteiger partial charge >= 0.3 is 0 Å². The van der Waals surface area contributed by atoms with Crippen molar-refractivity contribution in [3.8, 4) is 11.6 Å². The minimum absolute atomic E-state index is 0.293. The van der Waals surface area contributed by atoms with Gasteiger partial charge in [0.2, 0.25) is 5.88 Å². The van der Waals surface area contributed by atoms with Crippen LogP contribution in [0.5, 0.6) is 11.6 Å². The van der Waals surface area contributed by atoms with E-state index in [2.05, 4.69) is 4.98 Å². The lowest BCUT2D eigenvalue weighted by Crippen LogP contribution is -1.95. The van der Waals surface area contributed by atoms with Crippen LogP contribution >= 0.6 is 11.6 Å². The highest BCUT2D eigenvalue weighted by atomic mass is 35.5. The molecule has 1 heterocycles. The van der Waals surface area contributed by atoms with Gasteiger partial charge in [0, 0.05) is 17.6 Å². The van der Waals surface area contributed by atoms with E-state index in [1.165, 1.54) is 12.1 Å². The molecule has 0 radical (unpaired) electrons. The maximum Gasteiger partial charge on any atom is 0.219 e. The fourth-order valence-electron chi connectivity index (χ4n) is 1.55. The van der Waals surface area contributed by atoms with Gasteiger partial charge in [0.1, 0.15) is 11.6 Å². The predicted octanol–water partition coefficient (Wildman–Crippen LogP) is 4.31. The van der Waals surface area contributed by atoms with Crippen LogP contribution in [0.15, 0.2) is 36.4 Å². The van der Waals surface area contributed by atoms with Crippen molar-refractivity contribution in [3.63, 3.8) is 0 Å². The summed E-state index contributed by atoms with van der Waals surface area (Å²) in [6, 6.07) is 9.56. The number of halogens is 2. The average Bonchev–Trinajstić information content (AvgIpc) is 2.41. The average molecular weight is 266 g/mol. The van der Waals surface area contributed by atoms with E-state index in [-0.39, 0.29) is 5.82 Å². The van der Waals surface area contributed by atoms with E-state index in [0.717, 1.165) is 17.7 Å². The quantitative estimate of drug-likeness (QED) is 0.769. The van der Waals surface area contributed by atoms with Gasteiger partial charge in [-0.2, -0.15) is 0 Å². The molecule has 1 aromatic heterocycles. The molecule has 4 heteroatoms. The maximum atomic E-state index is 12.8. The number of pyridine rings is 1. The molecular formula is C14H13ClFNO. The van der Waals surface area contributed by atoms with Crippen molar-refractivity contribution < 1.29 is 9.13 Å². The van der Waals surface area contributed by atoms with Crippen molar-refractivity contribution >= 4 is 11.6 Å². The van der Waals surface area contributed by atoms with Crippen LogP contribution in [0.25, 0.3) is 0 Å². The summed E-state index contributed by atoms with van der Waals surface area (Å²) < 4.78 is 18.4. The van der Waals surface area contributed by atoms with Crippen LogP contribution in [-0.4, -0.2) is 4.98 Å². The summed E-state index contributed by atoms with van der Waals surface area (Å²) in [4.78, 5) is 4.34. The first-order valence-corrected chi connectivity index (χ1v) is 6.24. The lowest BCUT2D eigenvalue weighted by Gasteiger charge is -2.08. The zero-order valence-corrected chi connectivity index (χ0v) is 10.7. The highest BCUT2D eigenvalue weighted by molar-refractivity contribution is 6.17. The summed E-state index contributed by atoms with van der Waals surface area (Å²) in [5.41, 5.74) is 1.88. The second-order valence-corrected chi connectivity index (χ2v) is 4.12. The zero-order chi connectivity index (χ0) is 13.0. The molecule has 2 rings (SSSR count). The van der Waals surface area contributed by atoms with Crippen molar-refractivity contribution in [2.24, 2.45) is 0 Å². The first-order chi connectivity index (χ1) is 8.71. The van der Waals surface area contributed by atoms with Crippen LogP contribution < -0.4 is 4.74 Å². The molecule has 0 aliphatic rings. The van der Waals surface area contributed by atoms with E-state index in [1.807, 2.05) is 13.0 Å². The van der Waals surface area contributed by atoms with Gasteiger partial charge < -0.3 is 4.74 Å². The van der Waals surface area contributed by atoms with E-state index >= 15 is 0 Å². The number of nitrogens with zero attached hydrogens (tertiary/aromatic N) is 1. The predicted molar refractivity (Wildman–Crippen MR) is 69.6 cm³/mol. The van der Waals surface area contributed by atoms with Gasteiger partial charge in [0.25, 0.3) is 0 Å². The molecule has 0 N–H and O–H groups in total. The Bertz CT molecular complexity index is 506. The van der Waals surface area contributed by atoms with Gasteiger partial charge in [-0.25, -0.2) is 9.37 Å². The molecule has 0 spiro atoms. The molecule has 18 heavy (non-hydrogen) atoms. The van der Waals surface area contributed by atoms with Crippen molar-refractivity contribution in [1.29, 1.82) is 0 Å². The number of rotatable bonds is 4. The van der Waals surface area contributed by atoms with Gasteiger partial charge in [-0.05, 0) is 42.3 Å². The summed E-state index contributed by atoms with van der Waals surface area (Å²) in [5, 5.41) is 0. The fourth-order valence-corrected chi connectivity index (χ4v) is 1.71. The summed E-state index contributed by atoms with van der Waals surface area (Å²) in [5.74, 6) is 1.16. The summed E-state index contributed by atoms with van der Waals surface area (Å²) in [6.07, 6.45) is 0.810. The van der Waals surface area contributed by atoms with Gasteiger partial charge in [-0.15, -0.1) is 11.6 Å². The topological polar surface area (TPSA) is 22.1 Å². The third-order valence-electron chi connectivity index (χ3n) is 2.47. The molecule has 0 fully saturated rings. The number of benzene rings is 1. The number of hydrogen-bond acceptors (Lipinski definition) is 2. The normalized spacial score (nSPS) is 10.4. The zero-order valence-electron chi connectivity index (χ0n) is 9.99. The molecule has 0 unspecified atom stereocenters. The molecule has 0 bridgehead atoms. The Kier molecular flexibility index (Phi) is 4.15. The van der Waals surface area contributed by atoms with E-state index in [0.29, 0.717) is 17.5 Å². The molecule has 94 valence electrons. The van der Waals surface area contributed by atoms with Gasteiger partial charge in [0.05, 0.1) is 0 Å². The monoisotopic (exact) mass is 265 g/mol. The fraction of sp³-hybridized carbons (Fsp3) is 0.214. The Morgan fingerprint density at radius 1 is 1.22 bits per heavy atom. The second kappa shape index (κ2) is 5.83. The Morgan fingerprint density at radius 3 is 2.56 bits per heavy atom. The Morgan fingerprint density at radius 2 is 1.94 bits per heavy atom. The lowest BCUT2D eigenvalue weighted by atomic mass is 10.2. The van der Waals surface area contributed by atoms with E-state index in [9.17, 15) is 4.39 Å². The van der Waals surface area contributed by atoms with Gasteiger partial charge in [0.15, 0.2) is 0 Å². The number of alkyl halides is 1. The Hall–Kier alpha value is -1.61. The molecular weight excluding hydrogens is 253 g/mol. The molecule has 2 nitrogen and oxygen atoms in total. The first-order valence-electron chi connectivity index (χ1n) is 5.70. The molecule has 0 saturated carbocycles. The van der Waals surface area contributed by atoms with Crippen molar-refractivity contribution in [2.75, 3.05) is 0 Å². The standard InChI is InChI=1S/C14H13ClFNO/c1-2-12-7-10(9-15)8-14(17-12)18-13-5-3-11(16)4-6-13/h3-8H,2,9H2,1H3. The highest BCUT2D eigenvalue weighted by Gasteiger charge is 2.04. The summed E-state index contributed by atoms with van der Waals surface area (Å²) >= 11 is 5.82. The number of aryl methyl sites for hydroxylation is 1. The minimum atomic E-state index is -0.293. The third-order valence-corrected chi connectivity index (χ3v) is 2.78. The van der Waals surface area contributed by atoms with Crippen LogP contribution in [0.2, 0.25) is 0 Å². The van der Waals surface area contributed by atoms with Crippen molar-refractivity contribution in [1.82, 2.24) is 4.98 Å². The first kappa shape index (κ1) is 12.8. The van der Waals surface area contributed by atoms with Gasteiger partial charge in [-0.1, -0.05) is 6.92 Å². The Balaban J connectivity index is 2.25. The van der Waals surface area contributed by atoms with Crippen LogP contribution in [0.3, 0.4) is 0 Å². The van der Waals surface area contributed by atoms with Crippen molar-refractivity contribution in [2.45, 2.75) is 19.2 Å². The van der Waals surface area contributed by atoms with Crippen LogP contribution in [-0.2, 0) is 12.3 Å². The number of aromatic nitrogens is 1. The second-order valence-electron chi connectivity index (χ2n) is 3.85. The summed E-state index contributed by atoms with van der Waals surface area (Å²) in [7, 11) is 0. The molecule has 0 atom stereocenters.